The summed E-state index contributed by atoms with van der Waals surface area (Å²) in [4.78, 5) is 13.8. The van der Waals surface area contributed by atoms with E-state index in [2.05, 4.69) is 37.6 Å². The number of carbonyl (C=O) groups is 1. The zero-order chi connectivity index (χ0) is 11.3. The highest BCUT2D eigenvalue weighted by molar-refractivity contribution is 9.10. The second-order valence-corrected chi connectivity index (χ2v) is 4.74. The number of nitrogens with zero attached hydrogens (tertiary/aromatic N) is 1. The van der Waals surface area contributed by atoms with Crippen LogP contribution in [0.4, 0.5) is 0 Å². The van der Waals surface area contributed by atoms with Gasteiger partial charge in [0.05, 0.1) is 11.2 Å². The van der Waals surface area contributed by atoms with Crippen LogP contribution in [0.5, 0.6) is 0 Å². The summed E-state index contributed by atoms with van der Waals surface area (Å²) in [6.07, 6.45) is 0.837. The average Bonchev–Trinajstić information content (AvgIpc) is 2.80. The third kappa shape index (κ3) is 1.16. The smallest absolute Gasteiger partial charge is 0.166 e. The first-order chi connectivity index (χ1) is 7.70. The molecule has 0 bridgehead atoms. The number of rotatable bonds is 1. The highest BCUT2D eigenvalue weighted by Gasteiger charge is 2.11. The van der Waals surface area contributed by atoms with Gasteiger partial charge in [0, 0.05) is 22.3 Å². The van der Waals surface area contributed by atoms with Gasteiger partial charge in [-0.15, -0.1) is 0 Å². The number of aryl methyl sites for hydroxylation is 1. The molecule has 0 fully saturated rings. The number of H-pyrrole nitrogens is 1. The van der Waals surface area contributed by atoms with Gasteiger partial charge in [0.15, 0.2) is 6.29 Å². The Balaban J connectivity index is 2.54. The molecule has 0 aliphatic heterocycles. The van der Waals surface area contributed by atoms with E-state index in [1.54, 1.807) is 0 Å². The fourth-order valence-electron chi connectivity index (χ4n) is 2.13. The van der Waals surface area contributed by atoms with Crippen LogP contribution in [-0.4, -0.2) is 15.8 Å². The van der Waals surface area contributed by atoms with Crippen LogP contribution in [0, 0.1) is 0 Å². The van der Waals surface area contributed by atoms with E-state index in [9.17, 15) is 4.79 Å². The van der Waals surface area contributed by atoms with Crippen LogP contribution in [0.3, 0.4) is 0 Å². The van der Waals surface area contributed by atoms with E-state index in [1.807, 2.05) is 19.2 Å². The maximum atomic E-state index is 10.7. The first-order valence-corrected chi connectivity index (χ1v) is 5.72. The quantitative estimate of drug-likeness (QED) is 0.681. The van der Waals surface area contributed by atoms with Crippen LogP contribution in [-0.2, 0) is 7.05 Å². The van der Waals surface area contributed by atoms with Gasteiger partial charge in [0.25, 0.3) is 0 Å². The number of aromatic amines is 1. The average molecular weight is 277 g/mol. The SMILES string of the molecule is Cn1c2ccc(Br)cc2c2cc(C=O)[nH]c21. The number of nitrogens with one attached hydrogen (secondary N) is 1. The lowest BCUT2D eigenvalue weighted by molar-refractivity contribution is 0.111. The predicted molar refractivity (Wildman–Crippen MR) is 67.9 cm³/mol. The monoisotopic (exact) mass is 276 g/mol. The normalized spacial score (nSPS) is 11.4. The number of hydrogen-bond acceptors (Lipinski definition) is 1. The lowest BCUT2D eigenvalue weighted by Gasteiger charge is -1.97. The standard InChI is InChI=1S/C12H9BrN2O/c1-15-11-3-2-7(13)4-9(11)10-5-8(6-16)14-12(10)15/h2-6,14H,1H3. The van der Waals surface area contributed by atoms with Crippen LogP contribution in [0.2, 0.25) is 0 Å². The molecule has 0 saturated heterocycles. The van der Waals surface area contributed by atoms with Crippen molar-refractivity contribution in [3.63, 3.8) is 0 Å². The van der Waals surface area contributed by atoms with Crippen LogP contribution in [0.1, 0.15) is 10.5 Å². The summed E-state index contributed by atoms with van der Waals surface area (Å²) in [5, 5.41) is 2.23. The molecular weight excluding hydrogens is 268 g/mol. The fraction of sp³-hybridized carbons (Fsp3) is 0.0833. The predicted octanol–water partition coefficient (Wildman–Crippen LogP) is 3.23. The molecule has 1 N–H and O–H groups in total. The minimum absolute atomic E-state index is 0.613. The Bertz CT molecular complexity index is 709. The molecule has 4 heteroatoms. The van der Waals surface area contributed by atoms with E-state index in [0.717, 1.165) is 32.7 Å². The number of fused-ring (bicyclic) bond motifs is 3. The zero-order valence-corrected chi connectivity index (χ0v) is 10.2. The lowest BCUT2D eigenvalue weighted by atomic mass is 10.2. The Kier molecular flexibility index (Phi) is 1.94. The highest BCUT2D eigenvalue weighted by atomic mass is 79.9. The van der Waals surface area contributed by atoms with E-state index in [0.29, 0.717) is 5.69 Å². The lowest BCUT2D eigenvalue weighted by Crippen LogP contribution is -1.88. The van der Waals surface area contributed by atoms with E-state index in [1.165, 1.54) is 0 Å². The molecule has 3 aromatic rings. The molecule has 2 heterocycles. The van der Waals surface area contributed by atoms with E-state index in [-0.39, 0.29) is 0 Å². The summed E-state index contributed by atoms with van der Waals surface area (Å²) in [6.45, 7) is 0. The van der Waals surface area contributed by atoms with Gasteiger partial charge in [-0.25, -0.2) is 0 Å². The molecule has 3 nitrogen and oxygen atoms in total. The number of halogens is 1. The van der Waals surface area contributed by atoms with E-state index in [4.69, 9.17) is 0 Å². The number of benzene rings is 1. The van der Waals surface area contributed by atoms with Crippen molar-refractivity contribution in [1.29, 1.82) is 0 Å². The molecule has 0 aliphatic rings. The van der Waals surface area contributed by atoms with Gasteiger partial charge in [-0.3, -0.25) is 4.79 Å². The highest BCUT2D eigenvalue weighted by Crippen LogP contribution is 2.30. The maximum Gasteiger partial charge on any atom is 0.166 e. The molecule has 0 radical (unpaired) electrons. The summed E-state index contributed by atoms with van der Waals surface area (Å²) >= 11 is 3.46. The summed E-state index contributed by atoms with van der Waals surface area (Å²) in [6, 6.07) is 8.03. The van der Waals surface area contributed by atoms with Gasteiger partial charge >= 0.3 is 0 Å². The Morgan fingerprint density at radius 2 is 2.12 bits per heavy atom. The van der Waals surface area contributed by atoms with E-state index >= 15 is 0 Å². The first kappa shape index (κ1) is 9.66. The molecule has 0 atom stereocenters. The second-order valence-electron chi connectivity index (χ2n) is 3.83. The molecule has 0 saturated carbocycles. The van der Waals surface area contributed by atoms with Gasteiger partial charge in [0.2, 0.25) is 0 Å². The molecule has 0 amide bonds. The number of carbonyl (C=O) groups excluding carboxylic acids is 1. The Labute approximate surface area is 100 Å². The number of hydrogen-bond donors (Lipinski definition) is 1. The number of aldehydes is 1. The minimum atomic E-state index is 0.613. The van der Waals surface area contributed by atoms with Gasteiger partial charge in [-0.05, 0) is 24.3 Å². The molecule has 16 heavy (non-hydrogen) atoms. The molecule has 2 aromatic heterocycles. The van der Waals surface area contributed by atoms with Gasteiger partial charge in [0.1, 0.15) is 5.65 Å². The Morgan fingerprint density at radius 3 is 2.88 bits per heavy atom. The van der Waals surface area contributed by atoms with E-state index < -0.39 is 0 Å². The Morgan fingerprint density at radius 1 is 1.31 bits per heavy atom. The van der Waals surface area contributed by atoms with Crippen molar-refractivity contribution < 1.29 is 4.79 Å². The van der Waals surface area contributed by atoms with Crippen LogP contribution >= 0.6 is 15.9 Å². The van der Waals surface area contributed by atoms with Crippen molar-refractivity contribution in [3.05, 3.63) is 34.4 Å². The van der Waals surface area contributed by atoms with Crippen LogP contribution in [0.25, 0.3) is 21.9 Å². The summed E-state index contributed by atoms with van der Waals surface area (Å²) in [5.41, 5.74) is 2.75. The molecule has 0 unspecified atom stereocenters. The summed E-state index contributed by atoms with van der Waals surface area (Å²) in [7, 11) is 1.99. The molecule has 80 valence electrons. The van der Waals surface area contributed by atoms with Crippen molar-refractivity contribution in [2.24, 2.45) is 7.05 Å². The number of aromatic nitrogens is 2. The molecule has 1 aromatic carbocycles. The van der Waals surface area contributed by atoms with Crippen LogP contribution < -0.4 is 0 Å². The second kappa shape index (κ2) is 3.22. The van der Waals surface area contributed by atoms with Crippen molar-refractivity contribution in [2.75, 3.05) is 0 Å². The zero-order valence-electron chi connectivity index (χ0n) is 8.62. The molecular formula is C12H9BrN2O. The molecule has 0 aliphatic carbocycles. The minimum Gasteiger partial charge on any atom is -0.338 e. The topological polar surface area (TPSA) is 37.8 Å². The molecule has 0 spiro atoms. The van der Waals surface area contributed by atoms with Crippen LogP contribution in [0.15, 0.2) is 28.7 Å². The third-order valence-electron chi connectivity index (χ3n) is 2.89. The van der Waals surface area contributed by atoms with Gasteiger partial charge < -0.3 is 9.55 Å². The van der Waals surface area contributed by atoms with Crippen molar-refractivity contribution in [2.45, 2.75) is 0 Å². The Hall–Kier alpha value is -1.55. The van der Waals surface area contributed by atoms with Gasteiger partial charge in [-0.1, -0.05) is 15.9 Å². The third-order valence-corrected chi connectivity index (χ3v) is 3.38. The first-order valence-electron chi connectivity index (χ1n) is 4.92. The summed E-state index contributed by atoms with van der Waals surface area (Å²) in [5.74, 6) is 0. The maximum absolute atomic E-state index is 10.7. The van der Waals surface area contributed by atoms with Crippen molar-refractivity contribution in [1.82, 2.24) is 9.55 Å². The van der Waals surface area contributed by atoms with Crippen molar-refractivity contribution >= 4 is 44.2 Å². The molecule has 3 rings (SSSR count). The van der Waals surface area contributed by atoms with Gasteiger partial charge in [-0.2, -0.15) is 0 Å². The fourth-order valence-corrected chi connectivity index (χ4v) is 2.50. The van der Waals surface area contributed by atoms with Crippen molar-refractivity contribution in [3.8, 4) is 0 Å². The summed E-state index contributed by atoms with van der Waals surface area (Å²) < 4.78 is 3.10. The largest absolute Gasteiger partial charge is 0.338 e.